The van der Waals surface area contributed by atoms with Gasteiger partial charge in [-0.2, -0.15) is 0 Å². The van der Waals surface area contributed by atoms with Gasteiger partial charge < -0.3 is 20.6 Å². The molecule has 0 aromatic heterocycles. The highest BCUT2D eigenvalue weighted by Crippen LogP contribution is 2.10. The van der Waals surface area contributed by atoms with Crippen LogP contribution < -0.4 is 10.6 Å². The number of aliphatic hydroxyl groups excluding tert-OH is 1. The summed E-state index contributed by atoms with van der Waals surface area (Å²) in [4.78, 5) is 27.0. The molecule has 6 nitrogen and oxygen atoms in total. The predicted octanol–water partition coefficient (Wildman–Crippen LogP) is 3.84. The highest BCUT2D eigenvalue weighted by Gasteiger charge is 2.22. The van der Waals surface area contributed by atoms with E-state index in [2.05, 4.69) is 38.3 Å². The van der Waals surface area contributed by atoms with E-state index >= 15 is 0 Å². The third-order valence-electron chi connectivity index (χ3n) is 5.77. The van der Waals surface area contributed by atoms with Crippen LogP contribution in [0.1, 0.15) is 77.3 Å². The van der Waals surface area contributed by atoms with Crippen molar-refractivity contribution in [3.63, 3.8) is 0 Å². The molecule has 6 heteroatoms. The van der Waals surface area contributed by atoms with Crippen LogP contribution in [0, 0.1) is 12.8 Å². The van der Waals surface area contributed by atoms with Crippen molar-refractivity contribution in [3.05, 3.63) is 35.4 Å². The number of nitrogens with zero attached hydrogens (tertiary/aromatic N) is 1. The molecule has 0 aliphatic carbocycles. The van der Waals surface area contributed by atoms with Crippen LogP contribution in [0.2, 0.25) is 0 Å². The van der Waals surface area contributed by atoms with E-state index in [-0.39, 0.29) is 24.3 Å². The van der Waals surface area contributed by atoms with Crippen LogP contribution in [0.3, 0.4) is 0 Å². The second kappa shape index (κ2) is 16.7. The number of carbonyl (C=O) groups excluding carboxylic acids is 2. The van der Waals surface area contributed by atoms with Gasteiger partial charge in [0.15, 0.2) is 0 Å². The maximum atomic E-state index is 12.7. The van der Waals surface area contributed by atoms with Gasteiger partial charge in [-0.3, -0.25) is 9.59 Å². The Hall–Kier alpha value is -1.92. The Morgan fingerprint density at radius 3 is 2.24 bits per heavy atom. The second-order valence-corrected chi connectivity index (χ2v) is 9.55. The number of hydrogen-bond donors (Lipinski definition) is 3. The Balaban J connectivity index is 2.62. The summed E-state index contributed by atoms with van der Waals surface area (Å²) in [6.45, 7) is 13.3. The van der Waals surface area contributed by atoms with E-state index in [1.807, 2.05) is 36.1 Å². The third kappa shape index (κ3) is 12.8. The number of aliphatic hydroxyl groups is 1. The zero-order chi connectivity index (χ0) is 24.6. The first-order valence-electron chi connectivity index (χ1n) is 12.8. The van der Waals surface area contributed by atoms with Gasteiger partial charge in [0.1, 0.15) is 0 Å². The van der Waals surface area contributed by atoms with Crippen molar-refractivity contribution in [2.75, 3.05) is 26.2 Å². The van der Waals surface area contributed by atoms with E-state index in [0.29, 0.717) is 31.7 Å². The smallest absolute Gasteiger partial charge is 0.222 e. The molecule has 0 aliphatic rings. The van der Waals surface area contributed by atoms with E-state index in [9.17, 15) is 14.7 Å². The van der Waals surface area contributed by atoms with Gasteiger partial charge in [0, 0.05) is 32.5 Å². The summed E-state index contributed by atoms with van der Waals surface area (Å²) in [6, 6.07) is 7.81. The lowest BCUT2D eigenvalue weighted by Gasteiger charge is -2.25. The molecule has 1 rings (SSSR count). The first kappa shape index (κ1) is 29.1. The van der Waals surface area contributed by atoms with E-state index in [4.69, 9.17) is 0 Å². The normalized spacial score (nSPS) is 13.1. The van der Waals surface area contributed by atoms with E-state index in [1.165, 1.54) is 5.56 Å². The maximum Gasteiger partial charge on any atom is 0.222 e. The van der Waals surface area contributed by atoms with Gasteiger partial charge in [-0.1, -0.05) is 57.5 Å². The zero-order valence-corrected chi connectivity index (χ0v) is 21.5. The molecule has 0 spiro atoms. The van der Waals surface area contributed by atoms with Crippen LogP contribution in [0.5, 0.6) is 0 Å². The standard InChI is InChI=1S/C27H47N3O3/c1-6-17-30(18-7-2)27(33)10-8-9-26(32)29-24(19-23-13-11-22(5)12-14-23)25(31)20-28-16-15-21(3)4/h11-14,21,24-25,28,31H,6-10,15-20H2,1-5H3,(H,29,32)/t24-,25+/m1/s1. The minimum Gasteiger partial charge on any atom is -0.390 e. The van der Waals surface area contributed by atoms with E-state index in [0.717, 1.165) is 44.5 Å². The molecule has 3 N–H and O–H groups in total. The Kier molecular flexibility index (Phi) is 14.7. The molecular weight excluding hydrogens is 414 g/mol. The number of benzene rings is 1. The Bertz CT molecular complexity index is 670. The molecule has 33 heavy (non-hydrogen) atoms. The van der Waals surface area contributed by atoms with Crippen LogP contribution >= 0.6 is 0 Å². The van der Waals surface area contributed by atoms with Gasteiger partial charge in [-0.05, 0) is 57.1 Å². The van der Waals surface area contributed by atoms with E-state index < -0.39 is 6.10 Å². The van der Waals surface area contributed by atoms with Gasteiger partial charge in [0.2, 0.25) is 11.8 Å². The lowest BCUT2D eigenvalue weighted by Crippen LogP contribution is -2.48. The Morgan fingerprint density at radius 2 is 1.67 bits per heavy atom. The SMILES string of the molecule is CCCN(CCC)C(=O)CCCC(=O)N[C@H](Cc1ccc(C)cc1)[C@@H](O)CNCCC(C)C. The van der Waals surface area contributed by atoms with Gasteiger partial charge in [-0.15, -0.1) is 0 Å². The number of hydrogen-bond acceptors (Lipinski definition) is 4. The number of aryl methyl sites for hydroxylation is 1. The minimum absolute atomic E-state index is 0.112. The van der Waals surface area contributed by atoms with Gasteiger partial charge >= 0.3 is 0 Å². The summed E-state index contributed by atoms with van der Waals surface area (Å²) in [5.74, 6) is 0.613. The number of nitrogens with one attached hydrogen (secondary N) is 2. The third-order valence-corrected chi connectivity index (χ3v) is 5.77. The summed E-state index contributed by atoms with van der Waals surface area (Å²) in [5, 5.41) is 17.1. The highest BCUT2D eigenvalue weighted by molar-refractivity contribution is 5.79. The van der Waals surface area contributed by atoms with E-state index in [1.54, 1.807) is 0 Å². The van der Waals surface area contributed by atoms with Crippen LogP contribution in [0.15, 0.2) is 24.3 Å². The number of rotatable bonds is 17. The lowest BCUT2D eigenvalue weighted by molar-refractivity contribution is -0.131. The van der Waals surface area contributed by atoms with Gasteiger partial charge in [0.05, 0.1) is 12.1 Å². The average Bonchev–Trinajstić information content (AvgIpc) is 2.77. The first-order valence-corrected chi connectivity index (χ1v) is 12.8. The Labute approximate surface area is 201 Å². The average molecular weight is 462 g/mol. The van der Waals surface area contributed by atoms with Crippen molar-refractivity contribution in [1.29, 1.82) is 0 Å². The molecule has 0 saturated carbocycles. The molecule has 0 fully saturated rings. The van der Waals surface area contributed by atoms with Crippen molar-refractivity contribution in [2.24, 2.45) is 5.92 Å². The number of carbonyl (C=O) groups is 2. The molecule has 0 heterocycles. The summed E-state index contributed by atoms with van der Waals surface area (Å²) in [6.07, 6.45) is 4.00. The Morgan fingerprint density at radius 1 is 1.03 bits per heavy atom. The fourth-order valence-corrected chi connectivity index (χ4v) is 3.78. The zero-order valence-electron chi connectivity index (χ0n) is 21.5. The monoisotopic (exact) mass is 461 g/mol. The lowest BCUT2D eigenvalue weighted by atomic mass is 9.99. The molecule has 2 atom stereocenters. The van der Waals surface area contributed by atoms with Gasteiger partial charge in [-0.25, -0.2) is 0 Å². The van der Waals surface area contributed by atoms with Crippen LogP contribution in [0.4, 0.5) is 0 Å². The molecule has 1 aromatic carbocycles. The molecular formula is C27H47N3O3. The fourth-order valence-electron chi connectivity index (χ4n) is 3.78. The van der Waals surface area contributed by atoms with Crippen LogP contribution in [-0.4, -0.2) is 60.1 Å². The van der Waals surface area contributed by atoms with Crippen LogP contribution in [-0.2, 0) is 16.0 Å². The first-order chi connectivity index (χ1) is 15.8. The largest absolute Gasteiger partial charge is 0.390 e. The summed E-state index contributed by atoms with van der Waals surface area (Å²) in [5.41, 5.74) is 2.26. The topological polar surface area (TPSA) is 81.7 Å². The summed E-state index contributed by atoms with van der Waals surface area (Å²) >= 11 is 0. The predicted molar refractivity (Wildman–Crippen MR) is 136 cm³/mol. The molecule has 188 valence electrons. The van der Waals surface area contributed by atoms with Crippen molar-refractivity contribution in [2.45, 2.75) is 91.7 Å². The molecule has 1 aromatic rings. The molecule has 0 unspecified atom stereocenters. The minimum atomic E-state index is -0.686. The fraction of sp³-hybridized carbons (Fsp3) is 0.704. The molecule has 0 bridgehead atoms. The van der Waals surface area contributed by atoms with Crippen molar-refractivity contribution < 1.29 is 14.7 Å². The van der Waals surface area contributed by atoms with Crippen molar-refractivity contribution >= 4 is 11.8 Å². The summed E-state index contributed by atoms with van der Waals surface area (Å²) < 4.78 is 0. The second-order valence-electron chi connectivity index (χ2n) is 9.55. The van der Waals surface area contributed by atoms with Crippen molar-refractivity contribution in [1.82, 2.24) is 15.5 Å². The molecule has 0 saturated heterocycles. The maximum absolute atomic E-state index is 12.7. The van der Waals surface area contributed by atoms with Crippen LogP contribution in [0.25, 0.3) is 0 Å². The van der Waals surface area contributed by atoms with Crippen molar-refractivity contribution in [3.8, 4) is 0 Å². The highest BCUT2D eigenvalue weighted by atomic mass is 16.3. The number of amides is 2. The molecule has 0 aliphatic heterocycles. The summed E-state index contributed by atoms with van der Waals surface area (Å²) in [7, 11) is 0. The molecule has 0 radical (unpaired) electrons. The van der Waals surface area contributed by atoms with Gasteiger partial charge in [0.25, 0.3) is 0 Å². The molecule has 2 amide bonds. The quantitative estimate of drug-likeness (QED) is 0.308.